The summed E-state index contributed by atoms with van der Waals surface area (Å²) >= 11 is 0. The standard InChI is InChI=1S/C73H142O6/c1-4-7-10-13-16-19-22-25-28-31-33-35-36-37-39-40-42-45-48-51-54-57-60-63-66-72(75)78-69-70(68-77-71(74)65-62-59-56-53-50-47-44-30-27-24-21-18-15-12-9-6-3)79-73(76)67-64-61-58-55-52-49-46-43-41-38-34-32-29-26-23-20-17-14-11-8-5-2/h70H,4-69H2,1-3H3. The molecule has 0 aromatic heterocycles. The topological polar surface area (TPSA) is 78.9 Å². The molecular weight excluding hydrogens is 973 g/mol. The Hall–Kier alpha value is -1.59. The van der Waals surface area contributed by atoms with Gasteiger partial charge in [0.25, 0.3) is 0 Å². The van der Waals surface area contributed by atoms with Crippen LogP contribution in [0.2, 0.25) is 0 Å². The lowest BCUT2D eigenvalue weighted by molar-refractivity contribution is -0.167. The van der Waals surface area contributed by atoms with Crippen LogP contribution in [0.3, 0.4) is 0 Å². The molecule has 6 heteroatoms. The monoisotopic (exact) mass is 1120 g/mol. The van der Waals surface area contributed by atoms with Crippen molar-refractivity contribution in [1.29, 1.82) is 0 Å². The smallest absolute Gasteiger partial charge is 0.306 e. The molecule has 0 rings (SSSR count). The Balaban J connectivity index is 4.23. The first kappa shape index (κ1) is 77.4. The molecule has 0 heterocycles. The van der Waals surface area contributed by atoms with Crippen molar-refractivity contribution in [1.82, 2.24) is 0 Å². The molecule has 1 unspecified atom stereocenters. The third-order valence-corrected chi connectivity index (χ3v) is 17.1. The van der Waals surface area contributed by atoms with Crippen LogP contribution in [0.25, 0.3) is 0 Å². The molecule has 0 aliphatic rings. The normalized spacial score (nSPS) is 11.9. The van der Waals surface area contributed by atoms with Crippen LogP contribution in [-0.4, -0.2) is 37.2 Å². The summed E-state index contributed by atoms with van der Waals surface area (Å²) in [6.45, 7) is 6.75. The maximum atomic E-state index is 13.0. The molecule has 0 bridgehead atoms. The lowest BCUT2D eigenvalue weighted by Gasteiger charge is -2.18. The summed E-state index contributed by atoms with van der Waals surface area (Å²) in [6, 6.07) is 0. The van der Waals surface area contributed by atoms with Crippen molar-refractivity contribution >= 4 is 17.9 Å². The molecule has 0 aliphatic heterocycles. The van der Waals surface area contributed by atoms with E-state index in [9.17, 15) is 14.4 Å². The van der Waals surface area contributed by atoms with E-state index in [4.69, 9.17) is 14.2 Å². The van der Waals surface area contributed by atoms with Crippen LogP contribution in [-0.2, 0) is 28.6 Å². The van der Waals surface area contributed by atoms with Gasteiger partial charge in [0.15, 0.2) is 6.10 Å². The van der Waals surface area contributed by atoms with Gasteiger partial charge in [-0.05, 0) is 19.3 Å². The summed E-state index contributed by atoms with van der Waals surface area (Å²) in [4.78, 5) is 38.5. The Morgan fingerprint density at radius 3 is 0.506 bits per heavy atom. The molecule has 1 atom stereocenters. The summed E-state index contributed by atoms with van der Waals surface area (Å²) < 4.78 is 17.0. The maximum absolute atomic E-state index is 13.0. The number of esters is 3. The summed E-state index contributed by atoms with van der Waals surface area (Å²) in [7, 11) is 0. The first-order valence-corrected chi connectivity index (χ1v) is 36.5. The molecule has 470 valence electrons. The highest BCUT2D eigenvalue weighted by Crippen LogP contribution is 2.20. The zero-order valence-corrected chi connectivity index (χ0v) is 54.2. The van der Waals surface area contributed by atoms with Gasteiger partial charge in [-0.2, -0.15) is 0 Å². The molecule has 0 spiro atoms. The number of carbonyl (C=O) groups is 3. The van der Waals surface area contributed by atoms with E-state index >= 15 is 0 Å². The molecule has 0 saturated heterocycles. The van der Waals surface area contributed by atoms with Crippen LogP contribution >= 0.6 is 0 Å². The lowest BCUT2D eigenvalue weighted by Crippen LogP contribution is -2.30. The first-order chi connectivity index (χ1) is 39.0. The van der Waals surface area contributed by atoms with E-state index in [0.29, 0.717) is 19.3 Å². The van der Waals surface area contributed by atoms with Crippen molar-refractivity contribution in [3.8, 4) is 0 Å². The molecular formula is C73H142O6. The van der Waals surface area contributed by atoms with E-state index in [1.165, 1.54) is 334 Å². The predicted molar refractivity (Wildman–Crippen MR) is 344 cm³/mol. The molecule has 0 aliphatic carbocycles. The van der Waals surface area contributed by atoms with E-state index in [1.807, 2.05) is 0 Å². The molecule has 0 fully saturated rings. The number of rotatable bonds is 69. The van der Waals surface area contributed by atoms with Gasteiger partial charge in [-0.3, -0.25) is 14.4 Å². The van der Waals surface area contributed by atoms with Crippen LogP contribution < -0.4 is 0 Å². The Kier molecular flexibility index (Phi) is 67.5. The predicted octanol–water partition coefficient (Wildman–Crippen LogP) is 25.0. The van der Waals surface area contributed by atoms with Gasteiger partial charge in [0.2, 0.25) is 0 Å². The summed E-state index contributed by atoms with van der Waals surface area (Å²) in [5, 5.41) is 0. The first-order valence-electron chi connectivity index (χ1n) is 36.5. The molecule has 0 aromatic rings. The van der Waals surface area contributed by atoms with Crippen molar-refractivity contribution < 1.29 is 28.6 Å². The average Bonchev–Trinajstić information content (AvgIpc) is 3.45. The van der Waals surface area contributed by atoms with Crippen LogP contribution in [0.1, 0.15) is 432 Å². The summed E-state index contributed by atoms with van der Waals surface area (Å²) in [5.74, 6) is -0.816. The molecule has 79 heavy (non-hydrogen) atoms. The van der Waals surface area contributed by atoms with Crippen LogP contribution in [0.5, 0.6) is 0 Å². The summed E-state index contributed by atoms with van der Waals surface area (Å²) in [6.07, 6.45) is 81.4. The van der Waals surface area contributed by atoms with Gasteiger partial charge in [0.1, 0.15) is 13.2 Å². The number of unbranched alkanes of at least 4 members (excludes halogenated alkanes) is 58. The number of ether oxygens (including phenoxy) is 3. The van der Waals surface area contributed by atoms with Crippen molar-refractivity contribution in [3.05, 3.63) is 0 Å². The van der Waals surface area contributed by atoms with E-state index in [1.54, 1.807) is 0 Å². The molecule has 0 N–H and O–H groups in total. The third-order valence-electron chi connectivity index (χ3n) is 17.1. The molecule has 6 nitrogen and oxygen atoms in total. The molecule has 0 saturated carbocycles. The van der Waals surface area contributed by atoms with Gasteiger partial charge in [-0.25, -0.2) is 0 Å². The second-order valence-electron chi connectivity index (χ2n) is 25.2. The van der Waals surface area contributed by atoms with Gasteiger partial charge >= 0.3 is 17.9 Å². The fourth-order valence-electron chi connectivity index (χ4n) is 11.6. The Morgan fingerprint density at radius 2 is 0.342 bits per heavy atom. The maximum Gasteiger partial charge on any atom is 0.306 e. The van der Waals surface area contributed by atoms with E-state index < -0.39 is 6.10 Å². The van der Waals surface area contributed by atoms with Crippen LogP contribution in [0.4, 0.5) is 0 Å². The van der Waals surface area contributed by atoms with E-state index in [2.05, 4.69) is 20.8 Å². The van der Waals surface area contributed by atoms with Crippen molar-refractivity contribution in [3.63, 3.8) is 0 Å². The van der Waals surface area contributed by atoms with Gasteiger partial charge in [-0.15, -0.1) is 0 Å². The number of carbonyl (C=O) groups excluding carboxylic acids is 3. The second-order valence-corrected chi connectivity index (χ2v) is 25.2. The van der Waals surface area contributed by atoms with Gasteiger partial charge in [-0.1, -0.05) is 393 Å². The molecule has 0 radical (unpaired) electrons. The average molecular weight is 1120 g/mol. The highest BCUT2D eigenvalue weighted by atomic mass is 16.6. The zero-order valence-electron chi connectivity index (χ0n) is 54.2. The number of hydrogen-bond acceptors (Lipinski definition) is 6. The van der Waals surface area contributed by atoms with Gasteiger partial charge in [0, 0.05) is 19.3 Å². The minimum absolute atomic E-state index is 0.0599. The van der Waals surface area contributed by atoms with Gasteiger partial charge < -0.3 is 14.2 Å². The van der Waals surface area contributed by atoms with Crippen molar-refractivity contribution in [2.75, 3.05) is 13.2 Å². The Bertz CT molecular complexity index is 1190. The van der Waals surface area contributed by atoms with E-state index in [0.717, 1.165) is 57.8 Å². The number of hydrogen-bond donors (Lipinski definition) is 0. The highest BCUT2D eigenvalue weighted by molar-refractivity contribution is 5.71. The lowest BCUT2D eigenvalue weighted by atomic mass is 10.0. The third kappa shape index (κ3) is 67.1. The quantitative estimate of drug-likeness (QED) is 0.0343. The van der Waals surface area contributed by atoms with Crippen LogP contribution in [0.15, 0.2) is 0 Å². The zero-order chi connectivity index (χ0) is 57.1. The Labute approximate surface area is 495 Å². The molecule has 0 aromatic carbocycles. The largest absolute Gasteiger partial charge is 0.462 e. The highest BCUT2D eigenvalue weighted by Gasteiger charge is 2.20. The van der Waals surface area contributed by atoms with Crippen LogP contribution in [0, 0.1) is 0 Å². The van der Waals surface area contributed by atoms with Crippen molar-refractivity contribution in [2.24, 2.45) is 0 Å². The minimum atomic E-state index is -0.764. The second kappa shape index (κ2) is 68.9. The molecule has 0 amide bonds. The summed E-state index contributed by atoms with van der Waals surface area (Å²) in [5.41, 5.74) is 0. The fraction of sp³-hybridized carbons (Fsp3) is 0.959. The SMILES string of the molecule is CCCCCCCCCCCCCCCCCCCCCCCCCCC(=O)OCC(COC(=O)CCCCCCCCCCCCCCCCCC)OC(=O)CCCCCCCCCCCCCCCCCCCCCCC. The van der Waals surface area contributed by atoms with Gasteiger partial charge in [0.05, 0.1) is 0 Å². The minimum Gasteiger partial charge on any atom is -0.462 e. The Morgan fingerprint density at radius 1 is 0.203 bits per heavy atom. The van der Waals surface area contributed by atoms with Crippen molar-refractivity contribution in [2.45, 2.75) is 438 Å². The van der Waals surface area contributed by atoms with E-state index in [-0.39, 0.29) is 31.1 Å². The fourth-order valence-corrected chi connectivity index (χ4v) is 11.6.